The number of hydrogen-bond acceptors (Lipinski definition) is 3. The van der Waals surface area contributed by atoms with Crippen LogP contribution in [-0.2, 0) is 0 Å². The van der Waals surface area contributed by atoms with E-state index in [9.17, 15) is 0 Å². The van der Waals surface area contributed by atoms with Gasteiger partial charge < -0.3 is 5.43 Å². The average Bonchev–Trinajstić information content (AvgIpc) is 2.58. The van der Waals surface area contributed by atoms with E-state index in [-0.39, 0.29) is 0 Å². The van der Waals surface area contributed by atoms with E-state index in [2.05, 4.69) is 64.1 Å². The van der Waals surface area contributed by atoms with Crippen LogP contribution in [0.3, 0.4) is 0 Å². The molecule has 0 aliphatic heterocycles. The number of anilines is 1. The second-order valence-corrected chi connectivity index (χ2v) is 6.39. The highest BCUT2D eigenvalue weighted by atomic mass is 31.1. The Morgan fingerprint density at radius 2 is 1.24 bits per heavy atom. The lowest BCUT2D eigenvalue weighted by Gasteiger charge is -2.20. The van der Waals surface area contributed by atoms with Crippen LogP contribution in [0.1, 0.15) is 0 Å². The summed E-state index contributed by atoms with van der Waals surface area (Å²) in [5, 5.41) is 5.95. The van der Waals surface area contributed by atoms with Crippen molar-refractivity contribution in [2.75, 3.05) is 5.43 Å². The zero-order valence-corrected chi connectivity index (χ0v) is 12.4. The minimum absolute atomic E-state index is 0.676. The molecule has 0 aliphatic rings. The Kier molecular flexibility index (Phi) is 4.57. The van der Waals surface area contributed by atoms with Gasteiger partial charge in [0.1, 0.15) is 5.82 Å². The van der Waals surface area contributed by atoms with Gasteiger partial charge in [0, 0.05) is 14.3 Å². The maximum absolute atomic E-state index is 4.27. The first-order valence-electron chi connectivity index (χ1n) is 6.76. The van der Waals surface area contributed by atoms with Gasteiger partial charge in [-0.25, -0.2) is 10.2 Å². The maximum atomic E-state index is 4.27. The summed E-state index contributed by atoms with van der Waals surface area (Å²) in [4.78, 5) is 4.27. The molecule has 3 aromatic rings. The van der Waals surface area contributed by atoms with Gasteiger partial charge in [-0.05, 0) is 22.7 Å². The molecule has 0 saturated carbocycles. The largest absolute Gasteiger partial charge is 0.302 e. The minimum Gasteiger partial charge on any atom is -0.302 e. The molecule has 1 heterocycles. The predicted octanol–water partition coefficient (Wildman–Crippen LogP) is 3.05. The molecule has 0 bridgehead atoms. The van der Waals surface area contributed by atoms with Gasteiger partial charge in [0.15, 0.2) is 0 Å². The van der Waals surface area contributed by atoms with Crippen LogP contribution in [0.5, 0.6) is 0 Å². The first-order valence-corrected chi connectivity index (χ1v) is 8.10. The number of benzene rings is 2. The van der Waals surface area contributed by atoms with E-state index < -0.39 is 8.07 Å². The smallest absolute Gasteiger partial charge is 0.140 e. The first kappa shape index (κ1) is 13.7. The highest BCUT2D eigenvalue weighted by molar-refractivity contribution is 7.71. The molecule has 104 valence electrons. The van der Waals surface area contributed by atoms with Crippen LogP contribution in [0.4, 0.5) is 5.82 Å². The number of pyridine rings is 1. The number of rotatable bonds is 5. The number of aromatic nitrogens is 1. The molecule has 3 rings (SSSR count). The zero-order valence-electron chi connectivity index (χ0n) is 11.5. The normalized spacial score (nSPS) is 10.5. The molecule has 3 nitrogen and oxygen atoms in total. The summed E-state index contributed by atoms with van der Waals surface area (Å²) in [6.07, 6.45) is 1.78. The van der Waals surface area contributed by atoms with Gasteiger partial charge in [-0.1, -0.05) is 66.7 Å². The van der Waals surface area contributed by atoms with Crippen LogP contribution in [0.15, 0.2) is 85.1 Å². The summed E-state index contributed by atoms with van der Waals surface area (Å²) in [7, 11) is -0.676. The minimum atomic E-state index is -0.676. The Labute approximate surface area is 125 Å². The molecular formula is C17H16N3P. The zero-order chi connectivity index (χ0) is 14.3. The number of hydrazine groups is 1. The van der Waals surface area contributed by atoms with Crippen LogP contribution < -0.4 is 21.2 Å². The molecule has 1 aromatic heterocycles. The third kappa shape index (κ3) is 3.66. The van der Waals surface area contributed by atoms with Crippen molar-refractivity contribution >= 4 is 24.5 Å². The van der Waals surface area contributed by atoms with Gasteiger partial charge in [0.2, 0.25) is 0 Å². The standard InChI is InChI=1S/C17H16N3P/c1-3-9-15(10-4-1)21(16-11-5-2-6-12-16)20-19-17-13-7-8-14-18-17/h1-14,20H,(H,18,19). The molecular weight excluding hydrogens is 277 g/mol. The lowest BCUT2D eigenvalue weighted by Crippen LogP contribution is -2.27. The van der Waals surface area contributed by atoms with Crippen molar-refractivity contribution in [2.45, 2.75) is 0 Å². The van der Waals surface area contributed by atoms with Gasteiger partial charge in [0.05, 0.1) is 0 Å². The molecule has 21 heavy (non-hydrogen) atoms. The van der Waals surface area contributed by atoms with E-state index in [1.165, 1.54) is 10.6 Å². The monoisotopic (exact) mass is 293 g/mol. The molecule has 0 saturated heterocycles. The van der Waals surface area contributed by atoms with Crippen molar-refractivity contribution < 1.29 is 0 Å². The fourth-order valence-electron chi connectivity index (χ4n) is 1.98. The van der Waals surface area contributed by atoms with E-state index in [1.807, 2.05) is 30.3 Å². The SMILES string of the molecule is c1ccc(P(NNc2ccccn2)c2ccccc2)cc1. The van der Waals surface area contributed by atoms with Crippen LogP contribution in [-0.4, -0.2) is 4.98 Å². The summed E-state index contributed by atoms with van der Waals surface area (Å²) in [5.74, 6) is 0.817. The average molecular weight is 293 g/mol. The van der Waals surface area contributed by atoms with E-state index in [4.69, 9.17) is 0 Å². The first-order chi connectivity index (χ1) is 10.4. The summed E-state index contributed by atoms with van der Waals surface area (Å²) in [6, 6.07) is 26.7. The fourth-order valence-corrected chi connectivity index (χ4v) is 3.71. The van der Waals surface area contributed by atoms with Crippen LogP contribution >= 0.6 is 8.07 Å². The molecule has 0 amide bonds. The third-order valence-electron chi connectivity index (χ3n) is 2.99. The molecule has 0 radical (unpaired) electrons. The molecule has 0 unspecified atom stereocenters. The molecule has 2 N–H and O–H groups in total. The maximum Gasteiger partial charge on any atom is 0.140 e. The Hall–Kier alpha value is -2.22. The van der Waals surface area contributed by atoms with E-state index in [1.54, 1.807) is 6.20 Å². The second-order valence-electron chi connectivity index (χ2n) is 4.46. The van der Waals surface area contributed by atoms with E-state index >= 15 is 0 Å². The Morgan fingerprint density at radius 3 is 1.76 bits per heavy atom. The van der Waals surface area contributed by atoms with Gasteiger partial charge in [0.25, 0.3) is 0 Å². The fraction of sp³-hybridized carbons (Fsp3) is 0. The van der Waals surface area contributed by atoms with Crippen LogP contribution in [0.25, 0.3) is 0 Å². The summed E-state index contributed by atoms with van der Waals surface area (Å²) in [6.45, 7) is 0. The predicted molar refractivity (Wildman–Crippen MR) is 90.1 cm³/mol. The van der Waals surface area contributed by atoms with E-state index in [0.29, 0.717) is 0 Å². The van der Waals surface area contributed by atoms with Crippen molar-refractivity contribution in [1.82, 2.24) is 10.2 Å². The van der Waals surface area contributed by atoms with Gasteiger partial charge in [-0.15, -0.1) is 0 Å². The molecule has 2 aromatic carbocycles. The third-order valence-corrected chi connectivity index (χ3v) is 4.95. The van der Waals surface area contributed by atoms with Crippen molar-refractivity contribution in [3.63, 3.8) is 0 Å². The molecule has 0 spiro atoms. The number of nitrogens with one attached hydrogen (secondary N) is 2. The summed E-state index contributed by atoms with van der Waals surface area (Å²) < 4.78 is 0. The van der Waals surface area contributed by atoms with Crippen molar-refractivity contribution in [3.8, 4) is 0 Å². The Balaban J connectivity index is 1.83. The highest BCUT2D eigenvalue weighted by Crippen LogP contribution is 2.28. The van der Waals surface area contributed by atoms with Gasteiger partial charge in [-0.3, -0.25) is 0 Å². The Morgan fingerprint density at radius 1 is 0.667 bits per heavy atom. The van der Waals surface area contributed by atoms with Crippen LogP contribution in [0.2, 0.25) is 0 Å². The Bertz CT molecular complexity index is 620. The topological polar surface area (TPSA) is 37.0 Å². The molecule has 4 heteroatoms. The quantitative estimate of drug-likeness (QED) is 0.561. The second kappa shape index (κ2) is 6.98. The summed E-state index contributed by atoms with van der Waals surface area (Å²) >= 11 is 0. The lowest BCUT2D eigenvalue weighted by molar-refractivity contribution is 1.14. The van der Waals surface area contributed by atoms with Crippen molar-refractivity contribution in [3.05, 3.63) is 85.1 Å². The van der Waals surface area contributed by atoms with Crippen molar-refractivity contribution in [2.24, 2.45) is 0 Å². The summed E-state index contributed by atoms with van der Waals surface area (Å²) in [5.41, 5.74) is 3.21. The van der Waals surface area contributed by atoms with Gasteiger partial charge >= 0.3 is 0 Å². The van der Waals surface area contributed by atoms with Crippen LogP contribution in [0, 0.1) is 0 Å². The molecule has 0 atom stereocenters. The number of hydrogen-bond donors (Lipinski definition) is 2. The van der Waals surface area contributed by atoms with E-state index in [0.717, 1.165) is 5.82 Å². The molecule has 0 aliphatic carbocycles. The highest BCUT2D eigenvalue weighted by Gasteiger charge is 2.12. The van der Waals surface area contributed by atoms with Crippen molar-refractivity contribution in [1.29, 1.82) is 0 Å². The molecule has 0 fully saturated rings. The lowest BCUT2D eigenvalue weighted by atomic mass is 10.4. The van der Waals surface area contributed by atoms with Gasteiger partial charge in [-0.2, -0.15) is 0 Å². The number of nitrogens with zero attached hydrogens (tertiary/aromatic N) is 1.